The van der Waals surface area contributed by atoms with E-state index in [4.69, 9.17) is 42.6 Å². The van der Waals surface area contributed by atoms with Gasteiger partial charge in [0.25, 0.3) is 0 Å². The van der Waals surface area contributed by atoms with E-state index in [9.17, 15) is 14.4 Å². The Hall–Kier alpha value is -4.33. The summed E-state index contributed by atoms with van der Waals surface area (Å²) in [7, 11) is 1.40. The zero-order valence-electron chi connectivity index (χ0n) is 25.9. The lowest BCUT2D eigenvalue weighted by Crippen LogP contribution is -2.63. The highest BCUT2D eigenvalue weighted by atomic mass is 16.8. The van der Waals surface area contributed by atoms with Crippen LogP contribution in [0.1, 0.15) is 39.6 Å². The summed E-state index contributed by atoms with van der Waals surface area (Å²) in [6, 6.07) is 26.4. The van der Waals surface area contributed by atoms with Crippen molar-refractivity contribution in [3.05, 3.63) is 108 Å². The van der Waals surface area contributed by atoms with Crippen LogP contribution in [0.25, 0.3) is 0 Å². The van der Waals surface area contributed by atoms with Gasteiger partial charge in [-0.15, -0.1) is 0 Å². The number of carbonyl (C=O) groups excluding carboxylic acids is 3. The predicted molar refractivity (Wildman–Crippen MR) is 162 cm³/mol. The predicted octanol–water partition coefficient (Wildman–Crippen LogP) is 4.45. The molecular formula is C35H36O12. The molecule has 3 aliphatic heterocycles. The zero-order chi connectivity index (χ0) is 32.8. The van der Waals surface area contributed by atoms with Gasteiger partial charge in [0.1, 0.15) is 18.3 Å². The maximum Gasteiger partial charge on any atom is 0.509 e. The number of benzene rings is 3. The Kier molecular flexibility index (Phi) is 10.4. The smallest absolute Gasteiger partial charge is 0.452 e. The Morgan fingerprint density at radius 1 is 0.766 bits per heavy atom. The summed E-state index contributed by atoms with van der Waals surface area (Å²) in [6.07, 6.45) is -9.02. The molecule has 0 radical (unpaired) electrons. The zero-order valence-corrected chi connectivity index (χ0v) is 25.9. The lowest BCUT2D eigenvalue weighted by Gasteiger charge is -2.46. The minimum absolute atomic E-state index is 0.00934. The second kappa shape index (κ2) is 15.1. The maximum absolute atomic E-state index is 13.6. The summed E-state index contributed by atoms with van der Waals surface area (Å²) in [5.41, 5.74) is 1.49. The van der Waals surface area contributed by atoms with Crippen molar-refractivity contribution >= 4 is 18.1 Å². The van der Waals surface area contributed by atoms with Crippen LogP contribution in [0.2, 0.25) is 0 Å². The van der Waals surface area contributed by atoms with Crippen LogP contribution in [-0.2, 0) is 49.2 Å². The van der Waals surface area contributed by atoms with E-state index in [0.717, 1.165) is 5.56 Å². The van der Waals surface area contributed by atoms with Crippen molar-refractivity contribution in [2.45, 2.75) is 75.3 Å². The Morgan fingerprint density at radius 3 is 1.98 bits per heavy atom. The first-order valence-corrected chi connectivity index (χ1v) is 15.4. The minimum Gasteiger partial charge on any atom is -0.452 e. The normalized spacial score (nSPS) is 30.0. The van der Waals surface area contributed by atoms with Crippen LogP contribution in [0.3, 0.4) is 0 Å². The fourth-order valence-electron chi connectivity index (χ4n) is 5.84. The van der Waals surface area contributed by atoms with Gasteiger partial charge in [-0.1, -0.05) is 66.7 Å². The molecule has 3 aliphatic rings. The van der Waals surface area contributed by atoms with Crippen LogP contribution in [0, 0.1) is 0 Å². The van der Waals surface area contributed by atoms with Crippen molar-refractivity contribution in [2.24, 2.45) is 0 Å². The summed E-state index contributed by atoms with van der Waals surface area (Å²) in [6.45, 7) is 2.00. The van der Waals surface area contributed by atoms with Gasteiger partial charge in [-0.3, -0.25) is 0 Å². The summed E-state index contributed by atoms with van der Waals surface area (Å²) >= 11 is 0. The minimum atomic E-state index is -1.27. The summed E-state index contributed by atoms with van der Waals surface area (Å²) < 4.78 is 53.3. The summed E-state index contributed by atoms with van der Waals surface area (Å²) in [4.78, 5) is 38.8. The van der Waals surface area contributed by atoms with Crippen LogP contribution in [0.4, 0.5) is 4.79 Å². The van der Waals surface area contributed by atoms with E-state index in [1.807, 2.05) is 30.3 Å². The monoisotopic (exact) mass is 648 g/mol. The van der Waals surface area contributed by atoms with Gasteiger partial charge >= 0.3 is 18.1 Å². The fourth-order valence-corrected chi connectivity index (χ4v) is 5.84. The second-order valence-corrected chi connectivity index (χ2v) is 11.3. The molecule has 12 nitrogen and oxygen atoms in total. The first-order chi connectivity index (χ1) is 22.9. The molecule has 3 saturated heterocycles. The lowest BCUT2D eigenvalue weighted by molar-refractivity contribution is -0.333. The molecule has 3 heterocycles. The molecule has 47 heavy (non-hydrogen) atoms. The van der Waals surface area contributed by atoms with Gasteiger partial charge in [-0.05, 0) is 36.8 Å². The van der Waals surface area contributed by atoms with Crippen LogP contribution < -0.4 is 0 Å². The second-order valence-electron chi connectivity index (χ2n) is 11.3. The van der Waals surface area contributed by atoms with Gasteiger partial charge in [0.15, 0.2) is 30.9 Å². The number of carbonyl (C=O) groups is 3. The quantitative estimate of drug-likeness (QED) is 0.215. The van der Waals surface area contributed by atoms with Crippen LogP contribution in [-0.4, -0.2) is 87.1 Å². The van der Waals surface area contributed by atoms with Crippen molar-refractivity contribution in [1.29, 1.82) is 0 Å². The molecule has 0 aliphatic carbocycles. The standard InChI is InChI=1S/C35H36O12/c1-21-28-25(43-35(38)47-28)18-27(41-21)44-29-26(20-40-19-22-12-6-3-7-13-22)42-34(39-2)31(46-33(37)24-16-10-5-11-17-24)30(29)45-32(36)23-14-8-4-9-15-23/h3-17,21,25-31,34H,18-20H2,1-2H3/t21-,25-,26-,27?,28-,29-,30+,31-,34+/m1/s1. The number of fused-ring (bicyclic) bond motifs is 1. The van der Waals surface area contributed by atoms with E-state index in [1.165, 1.54) is 7.11 Å². The SMILES string of the molecule is CO[C@H]1O[C@H](COCc2ccccc2)[C@@H](OC2C[C@H]3OC(=O)O[C@@H]3[C@@H](C)O2)[C@H](OC(=O)c2ccccc2)[C@H]1OC(=O)c1ccccc1. The van der Waals surface area contributed by atoms with Crippen molar-refractivity contribution in [1.82, 2.24) is 0 Å². The lowest BCUT2D eigenvalue weighted by atomic mass is 9.97. The van der Waals surface area contributed by atoms with E-state index < -0.39 is 73.4 Å². The molecule has 3 aromatic rings. The summed E-state index contributed by atoms with van der Waals surface area (Å²) in [5.74, 6) is -1.36. The van der Waals surface area contributed by atoms with Crippen molar-refractivity contribution in [3.8, 4) is 0 Å². The van der Waals surface area contributed by atoms with Gasteiger partial charge < -0.3 is 42.6 Å². The number of methoxy groups -OCH3 is 1. The van der Waals surface area contributed by atoms with E-state index >= 15 is 0 Å². The Labute approximate surface area is 271 Å². The Bertz CT molecular complexity index is 1490. The molecule has 3 aromatic carbocycles. The number of esters is 2. The van der Waals surface area contributed by atoms with E-state index in [0.29, 0.717) is 0 Å². The van der Waals surface area contributed by atoms with Gasteiger partial charge in [0.05, 0.1) is 30.4 Å². The molecule has 1 unspecified atom stereocenters. The number of hydrogen-bond donors (Lipinski definition) is 0. The molecule has 12 heteroatoms. The van der Waals surface area contributed by atoms with Crippen molar-refractivity contribution in [2.75, 3.05) is 13.7 Å². The highest BCUT2D eigenvalue weighted by Gasteiger charge is 2.54. The highest BCUT2D eigenvalue weighted by Crippen LogP contribution is 2.36. The Morgan fingerprint density at radius 2 is 1.36 bits per heavy atom. The molecule has 0 spiro atoms. The molecule has 6 rings (SSSR count). The van der Waals surface area contributed by atoms with Crippen molar-refractivity contribution < 1.29 is 57.0 Å². The molecule has 0 N–H and O–H groups in total. The average molecular weight is 649 g/mol. The number of rotatable bonds is 11. The third kappa shape index (κ3) is 7.80. The van der Waals surface area contributed by atoms with Crippen molar-refractivity contribution in [3.63, 3.8) is 0 Å². The van der Waals surface area contributed by atoms with Crippen LogP contribution in [0.5, 0.6) is 0 Å². The maximum atomic E-state index is 13.6. The molecule has 248 valence electrons. The van der Waals surface area contributed by atoms with E-state index in [-0.39, 0.29) is 30.8 Å². The first kappa shape index (κ1) is 32.6. The molecule has 0 amide bonds. The van der Waals surface area contributed by atoms with Gasteiger partial charge in [0, 0.05) is 13.5 Å². The molecule has 0 saturated carbocycles. The molecule has 3 fully saturated rings. The highest BCUT2D eigenvalue weighted by molar-refractivity contribution is 5.90. The summed E-state index contributed by atoms with van der Waals surface area (Å²) in [5, 5.41) is 0. The van der Waals surface area contributed by atoms with Gasteiger partial charge in [-0.25, -0.2) is 14.4 Å². The molecular weight excluding hydrogens is 612 g/mol. The molecule has 0 aromatic heterocycles. The molecule has 9 atom stereocenters. The largest absolute Gasteiger partial charge is 0.509 e. The van der Waals surface area contributed by atoms with Crippen LogP contribution >= 0.6 is 0 Å². The van der Waals surface area contributed by atoms with E-state index in [2.05, 4.69) is 0 Å². The first-order valence-electron chi connectivity index (χ1n) is 15.4. The van der Waals surface area contributed by atoms with Gasteiger partial charge in [-0.2, -0.15) is 0 Å². The van der Waals surface area contributed by atoms with Crippen LogP contribution in [0.15, 0.2) is 91.0 Å². The fraction of sp³-hybridized carbons (Fsp3) is 0.400. The Balaban J connectivity index is 1.31. The van der Waals surface area contributed by atoms with E-state index in [1.54, 1.807) is 67.6 Å². The van der Waals surface area contributed by atoms with Gasteiger partial charge in [0.2, 0.25) is 0 Å². The number of ether oxygens (including phenoxy) is 9. The topological polar surface area (TPSA) is 134 Å². The molecule has 0 bridgehead atoms. The third-order valence-corrected chi connectivity index (χ3v) is 8.13. The third-order valence-electron chi connectivity index (χ3n) is 8.13. The average Bonchev–Trinajstić information content (AvgIpc) is 3.48. The number of hydrogen-bond acceptors (Lipinski definition) is 12.